The van der Waals surface area contributed by atoms with Gasteiger partial charge in [0.1, 0.15) is 0 Å². The predicted octanol–water partition coefficient (Wildman–Crippen LogP) is 2.22. The van der Waals surface area contributed by atoms with E-state index in [2.05, 4.69) is 10.4 Å². The number of aromatic nitrogens is 2. The third kappa shape index (κ3) is 2.99. The molecular weight excluding hydrogens is 238 g/mol. The van der Waals surface area contributed by atoms with E-state index in [1.165, 1.54) is 0 Å². The average molecular weight is 252 g/mol. The van der Waals surface area contributed by atoms with Crippen LogP contribution in [0.4, 0.5) is 5.69 Å². The van der Waals surface area contributed by atoms with Gasteiger partial charge < -0.3 is 10.4 Å². The molecule has 0 fully saturated rings. The molecule has 0 bridgehead atoms. The zero-order valence-electron chi connectivity index (χ0n) is 9.47. The van der Waals surface area contributed by atoms with Crippen molar-refractivity contribution in [1.82, 2.24) is 9.78 Å². The second-order valence-electron chi connectivity index (χ2n) is 3.82. The van der Waals surface area contributed by atoms with Crippen molar-refractivity contribution in [3.8, 4) is 0 Å². The molecule has 2 rings (SSSR count). The molecule has 1 aromatic carbocycles. The minimum Gasteiger partial charge on any atom is -0.387 e. The predicted molar refractivity (Wildman–Crippen MR) is 68.1 cm³/mol. The zero-order chi connectivity index (χ0) is 12.3. The fourth-order valence-electron chi connectivity index (χ4n) is 1.58. The van der Waals surface area contributed by atoms with E-state index >= 15 is 0 Å². The Balaban J connectivity index is 1.98. The third-order valence-corrected chi connectivity index (χ3v) is 2.81. The lowest BCUT2D eigenvalue weighted by atomic mass is 10.1. The Morgan fingerprint density at radius 2 is 2.24 bits per heavy atom. The summed E-state index contributed by atoms with van der Waals surface area (Å²) >= 11 is 6.00. The Labute approximate surface area is 105 Å². The highest BCUT2D eigenvalue weighted by molar-refractivity contribution is 6.31. The van der Waals surface area contributed by atoms with Gasteiger partial charge in [0.05, 0.1) is 18.0 Å². The number of hydrogen-bond donors (Lipinski definition) is 2. The van der Waals surface area contributed by atoms with Gasteiger partial charge >= 0.3 is 0 Å². The average Bonchev–Trinajstić information content (AvgIpc) is 2.73. The van der Waals surface area contributed by atoms with Crippen molar-refractivity contribution in [2.45, 2.75) is 6.10 Å². The van der Waals surface area contributed by atoms with Crippen LogP contribution < -0.4 is 5.32 Å². The summed E-state index contributed by atoms with van der Waals surface area (Å²) in [5, 5.41) is 17.7. The first-order valence-electron chi connectivity index (χ1n) is 5.32. The highest BCUT2D eigenvalue weighted by atomic mass is 35.5. The van der Waals surface area contributed by atoms with E-state index in [1.807, 2.05) is 31.4 Å². The van der Waals surface area contributed by atoms with Crippen LogP contribution in [0.15, 0.2) is 36.7 Å². The highest BCUT2D eigenvalue weighted by Crippen LogP contribution is 2.22. The van der Waals surface area contributed by atoms with Gasteiger partial charge in [0.2, 0.25) is 0 Å². The van der Waals surface area contributed by atoms with Gasteiger partial charge in [-0.05, 0) is 6.07 Å². The molecule has 1 heterocycles. The topological polar surface area (TPSA) is 50.1 Å². The standard InChI is InChI=1S/C12H14ClN3O/c1-16-8-9(6-15-16)14-7-12(17)10-4-2-3-5-11(10)13/h2-6,8,12,14,17H,7H2,1H3. The first-order chi connectivity index (χ1) is 8.16. The summed E-state index contributed by atoms with van der Waals surface area (Å²) in [5.74, 6) is 0. The largest absolute Gasteiger partial charge is 0.387 e. The van der Waals surface area contributed by atoms with Crippen LogP contribution in [-0.4, -0.2) is 21.4 Å². The maximum Gasteiger partial charge on any atom is 0.0976 e. The molecule has 0 spiro atoms. The maximum absolute atomic E-state index is 10.00. The van der Waals surface area contributed by atoms with Gasteiger partial charge in [-0.25, -0.2) is 0 Å². The van der Waals surface area contributed by atoms with Crippen molar-refractivity contribution < 1.29 is 5.11 Å². The number of aliphatic hydroxyl groups excluding tert-OH is 1. The van der Waals surface area contributed by atoms with Gasteiger partial charge in [0.15, 0.2) is 0 Å². The van der Waals surface area contributed by atoms with Crippen LogP contribution in [0.3, 0.4) is 0 Å². The number of nitrogens with one attached hydrogen (secondary N) is 1. The molecule has 0 aliphatic rings. The van der Waals surface area contributed by atoms with E-state index in [0.29, 0.717) is 11.6 Å². The molecule has 17 heavy (non-hydrogen) atoms. The molecule has 0 amide bonds. The van der Waals surface area contributed by atoms with E-state index in [0.717, 1.165) is 11.3 Å². The second-order valence-corrected chi connectivity index (χ2v) is 4.23. The van der Waals surface area contributed by atoms with Crippen LogP contribution in [0.5, 0.6) is 0 Å². The van der Waals surface area contributed by atoms with Crippen LogP contribution in [-0.2, 0) is 7.05 Å². The zero-order valence-corrected chi connectivity index (χ0v) is 10.2. The lowest BCUT2D eigenvalue weighted by Gasteiger charge is -2.13. The molecule has 4 nitrogen and oxygen atoms in total. The number of anilines is 1. The quantitative estimate of drug-likeness (QED) is 0.876. The fraction of sp³-hybridized carbons (Fsp3) is 0.250. The van der Waals surface area contributed by atoms with Crippen molar-refractivity contribution >= 4 is 17.3 Å². The summed E-state index contributed by atoms with van der Waals surface area (Å²) in [5.41, 5.74) is 1.60. The van der Waals surface area contributed by atoms with E-state index in [9.17, 15) is 5.11 Å². The third-order valence-electron chi connectivity index (χ3n) is 2.47. The summed E-state index contributed by atoms with van der Waals surface area (Å²) in [6.07, 6.45) is 2.92. The number of nitrogens with zero attached hydrogens (tertiary/aromatic N) is 2. The Morgan fingerprint density at radius 3 is 2.88 bits per heavy atom. The van der Waals surface area contributed by atoms with Crippen LogP contribution in [0.2, 0.25) is 5.02 Å². The first kappa shape index (κ1) is 12.0. The number of aliphatic hydroxyl groups is 1. The SMILES string of the molecule is Cn1cc(NCC(O)c2ccccc2Cl)cn1. The number of rotatable bonds is 4. The normalized spacial score (nSPS) is 12.4. The fourth-order valence-corrected chi connectivity index (χ4v) is 1.84. The molecule has 5 heteroatoms. The molecular formula is C12H14ClN3O. The molecule has 1 unspecified atom stereocenters. The van der Waals surface area contributed by atoms with Gasteiger partial charge in [0, 0.05) is 30.4 Å². The minimum absolute atomic E-state index is 0.398. The Kier molecular flexibility index (Phi) is 3.66. The summed E-state index contributed by atoms with van der Waals surface area (Å²) in [6.45, 7) is 0.398. The summed E-state index contributed by atoms with van der Waals surface area (Å²) in [6, 6.07) is 7.28. The molecule has 0 saturated heterocycles. The van der Waals surface area contributed by atoms with Crippen molar-refractivity contribution in [2.75, 3.05) is 11.9 Å². The lowest BCUT2D eigenvalue weighted by molar-refractivity contribution is 0.192. The highest BCUT2D eigenvalue weighted by Gasteiger charge is 2.10. The molecule has 0 saturated carbocycles. The summed E-state index contributed by atoms with van der Waals surface area (Å²) < 4.78 is 1.70. The first-order valence-corrected chi connectivity index (χ1v) is 5.69. The van der Waals surface area contributed by atoms with Gasteiger partial charge in [0.25, 0.3) is 0 Å². The van der Waals surface area contributed by atoms with Crippen molar-refractivity contribution in [3.63, 3.8) is 0 Å². The van der Waals surface area contributed by atoms with Crippen molar-refractivity contribution in [3.05, 3.63) is 47.2 Å². The Morgan fingerprint density at radius 1 is 1.47 bits per heavy atom. The molecule has 90 valence electrons. The van der Waals surface area contributed by atoms with Crippen molar-refractivity contribution in [2.24, 2.45) is 7.05 Å². The Hall–Kier alpha value is -1.52. The molecule has 1 atom stereocenters. The monoisotopic (exact) mass is 251 g/mol. The van der Waals surface area contributed by atoms with E-state index in [-0.39, 0.29) is 0 Å². The van der Waals surface area contributed by atoms with Crippen LogP contribution in [0.1, 0.15) is 11.7 Å². The smallest absolute Gasteiger partial charge is 0.0976 e. The minimum atomic E-state index is -0.635. The summed E-state index contributed by atoms with van der Waals surface area (Å²) in [4.78, 5) is 0. The van der Waals surface area contributed by atoms with Crippen LogP contribution >= 0.6 is 11.6 Å². The second kappa shape index (κ2) is 5.21. The molecule has 2 N–H and O–H groups in total. The lowest BCUT2D eigenvalue weighted by Crippen LogP contribution is -2.12. The molecule has 0 radical (unpaired) electrons. The molecule has 1 aromatic heterocycles. The van der Waals surface area contributed by atoms with Gasteiger partial charge in [-0.1, -0.05) is 29.8 Å². The number of aryl methyl sites for hydroxylation is 1. The molecule has 0 aliphatic carbocycles. The maximum atomic E-state index is 10.00. The van der Waals surface area contributed by atoms with Crippen LogP contribution in [0, 0.1) is 0 Å². The molecule has 2 aromatic rings. The van der Waals surface area contributed by atoms with E-state index in [4.69, 9.17) is 11.6 Å². The van der Waals surface area contributed by atoms with E-state index in [1.54, 1.807) is 16.9 Å². The van der Waals surface area contributed by atoms with Gasteiger partial charge in [-0.3, -0.25) is 4.68 Å². The number of benzene rings is 1. The molecule has 0 aliphatic heterocycles. The Bertz CT molecular complexity index is 498. The van der Waals surface area contributed by atoms with Crippen LogP contribution in [0.25, 0.3) is 0 Å². The van der Waals surface area contributed by atoms with Gasteiger partial charge in [-0.15, -0.1) is 0 Å². The van der Waals surface area contributed by atoms with Gasteiger partial charge in [-0.2, -0.15) is 5.10 Å². The summed E-state index contributed by atoms with van der Waals surface area (Å²) in [7, 11) is 1.84. The van der Waals surface area contributed by atoms with Crippen molar-refractivity contribution in [1.29, 1.82) is 0 Å². The number of halogens is 1. The number of hydrogen-bond acceptors (Lipinski definition) is 3. The van der Waals surface area contributed by atoms with E-state index < -0.39 is 6.10 Å².